The molecule has 13 heteroatoms. The zero-order chi connectivity index (χ0) is 28.6. The van der Waals surface area contributed by atoms with Gasteiger partial charge in [0.1, 0.15) is 23.3 Å². The van der Waals surface area contributed by atoms with Crippen LogP contribution in [-0.4, -0.2) is 97.0 Å². The summed E-state index contributed by atoms with van der Waals surface area (Å²) >= 11 is 0. The minimum atomic E-state index is -4.41. The number of hydrogen-bond donors (Lipinski definition) is 3. The summed E-state index contributed by atoms with van der Waals surface area (Å²) in [7, 11) is 0. The highest BCUT2D eigenvalue weighted by atomic mass is 19.4. The van der Waals surface area contributed by atoms with Crippen LogP contribution >= 0.6 is 0 Å². The molecule has 1 aromatic heterocycles. The third kappa shape index (κ3) is 5.61. The van der Waals surface area contributed by atoms with E-state index < -0.39 is 12.1 Å². The number of anilines is 4. The molecule has 0 spiro atoms. The van der Waals surface area contributed by atoms with E-state index in [-0.39, 0.29) is 35.6 Å². The summed E-state index contributed by atoms with van der Waals surface area (Å²) in [5.74, 6) is -0.638. The second kappa shape index (κ2) is 11.5. The first-order valence-electron chi connectivity index (χ1n) is 14.5. The maximum Gasteiger partial charge on any atom is 0.397 e. The van der Waals surface area contributed by atoms with Gasteiger partial charge < -0.3 is 30.3 Å². The third-order valence-corrected chi connectivity index (χ3v) is 8.35. The number of nitrogens with one attached hydrogen (secondary N) is 3. The summed E-state index contributed by atoms with van der Waals surface area (Å²) in [6.45, 7) is 7.41. The van der Waals surface area contributed by atoms with E-state index in [2.05, 4.69) is 30.8 Å². The number of nitrogens with zero attached hydrogens (tertiary/aromatic N) is 4. The third-order valence-electron chi connectivity index (χ3n) is 8.35. The molecule has 0 saturated carbocycles. The minimum absolute atomic E-state index is 0.000882. The van der Waals surface area contributed by atoms with Gasteiger partial charge >= 0.3 is 6.18 Å². The fourth-order valence-corrected chi connectivity index (χ4v) is 6.21. The molecule has 5 heterocycles. The molecule has 1 aromatic carbocycles. The van der Waals surface area contributed by atoms with Crippen LogP contribution < -0.4 is 20.7 Å². The Morgan fingerprint density at radius 1 is 1.12 bits per heavy atom. The van der Waals surface area contributed by atoms with Crippen molar-refractivity contribution in [2.24, 2.45) is 0 Å². The molecule has 10 nitrogen and oxygen atoms in total. The summed E-state index contributed by atoms with van der Waals surface area (Å²) in [5.41, 5.74) is 2.07. The first-order valence-corrected chi connectivity index (χ1v) is 14.5. The van der Waals surface area contributed by atoms with Gasteiger partial charge in [0.2, 0.25) is 5.95 Å². The highest BCUT2D eigenvalue weighted by molar-refractivity contribution is 5.97. The summed E-state index contributed by atoms with van der Waals surface area (Å²) in [6.07, 6.45) is -1.20. The second-order valence-corrected chi connectivity index (χ2v) is 10.9. The van der Waals surface area contributed by atoms with Crippen molar-refractivity contribution in [2.45, 2.75) is 50.7 Å². The Balaban J connectivity index is 1.20. The molecule has 6 rings (SSSR count). The number of ether oxygens (including phenoxy) is 2. The number of likely N-dealkylation sites (tertiary alicyclic amines) is 1. The zero-order valence-corrected chi connectivity index (χ0v) is 23.1. The molecule has 0 bridgehead atoms. The minimum Gasteiger partial charge on any atom is -0.491 e. The van der Waals surface area contributed by atoms with Crippen molar-refractivity contribution in [1.82, 2.24) is 19.8 Å². The van der Waals surface area contributed by atoms with E-state index in [0.717, 1.165) is 51.1 Å². The van der Waals surface area contributed by atoms with Crippen LogP contribution in [0.4, 0.5) is 36.4 Å². The van der Waals surface area contributed by atoms with E-state index in [4.69, 9.17) is 9.47 Å². The van der Waals surface area contributed by atoms with E-state index in [9.17, 15) is 18.0 Å². The lowest BCUT2D eigenvalue weighted by molar-refractivity contribution is -0.145. The van der Waals surface area contributed by atoms with Crippen LogP contribution in [0, 0.1) is 0 Å². The van der Waals surface area contributed by atoms with E-state index in [1.165, 1.54) is 0 Å². The Hall–Kier alpha value is -3.32. The van der Waals surface area contributed by atoms with Crippen molar-refractivity contribution in [2.75, 3.05) is 75.0 Å². The topological polar surface area (TPSA) is 104 Å². The van der Waals surface area contributed by atoms with Gasteiger partial charge in [0.05, 0.1) is 31.1 Å². The molecule has 2 aromatic rings. The molecule has 0 radical (unpaired) electrons. The van der Waals surface area contributed by atoms with Gasteiger partial charge in [0, 0.05) is 62.9 Å². The van der Waals surface area contributed by atoms with Crippen molar-refractivity contribution >= 4 is 29.2 Å². The van der Waals surface area contributed by atoms with Gasteiger partial charge in [0.15, 0.2) is 0 Å². The highest BCUT2D eigenvalue weighted by Gasteiger charge is 2.47. The van der Waals surface area contributed by atoms with Crippen molar-refractivity contribution in [3.05, 3.63) is 28.8 Å². The number of carbonyl (C=O) groups is 1. The van der Waals surface area contributed by atoms with E-state index >= 15 is 0 Å². The Morgan fingerprint density at radius 3 is 2.63 bits per heavy atom. The Bertz CT molecular complexity index is 1280. The van der Waals surface area contributed by atoms with Gasteiger partial charge in [-0.05, 0) is 31.4 Å². The number of fused-ring (bicyclic) bond motifs is 2. The smallest absolute Gasteiger partial charge is 0.397 e. The molecule has 0 aliphatic carbocycles. The molecule has 222 valence electrons. The quantitative estimate of drug-likeness (QED) is 0.452. The number of piperidine rings is 1. The largest absolute Gasteiger partial charge is 0.491 e. The Labute approximate surface area is 237 Å². The van der Waals surface area contributed by atoms with Crippen molar-refractivity contribution in [1.29, 1.82) is 0 Å². The number of halogens is 3. The number of benzene rings is 1. The molecule has 3 N–H and O–H groups in total. The molecule has 1 unspecified atom stereocenters. The number of hydrogen-bond acceptors (Lipinski definition) is 9. The Kier molecular flexibility index (Phi) is 7.82. The molecular weight excluding hydrogens is 539 g/mol. The van der Waals surface area contributed by atoms with Crippen molar-refractivity contribution in [3.8, 4) is 5.75 Å². The SMILES string of the molecule is CCCNc1nc(Nc2ccc(C(=O)N3CCC(N4CCOCC4)CC3)c3c2OCC3)nc2c1C(C(F)(F)F)CN2. The molecule has 4 aliphatic rings. The lowest BCUT2D eigenvalue weighted by Gasteiger charge is -2.40. The molecule has 41 heavy (non-hydrogen) atoms. The second-order valence-electron chi connectivity index (χ2n) is 10.9. The van der Waals surface area contributed by atoms with E-state index in [0.29, 0.717) is 55.7 Å². The highest BCUT2D eigenvalue weighted by Crippen LogP contribution is 2.45. The van der Waals surface area contributed by atoms with Crippen LogP contribution in [0.1, 0.15) is 53.6 Å². The number of rotatable bonds is 7. The van der Waals surface area contributed by atoms with Gasteiger partial charge in [-0.3, -0.25) is 9.69 Å². The molecule has 1 atom stereocenters. The van der Waals surface area contributed by atoms with Gasteiger partial charge in [-0.1, -0.05) is 6.92 Å². The summed E-state index contributed by atoms with van der Waals surface area (Å²) < 4.78 is 52.5. The molecule has 2 fully saturated rings. The van der Waals surface area contributed by atoms with Crippen LogP contribution in [0.25, 0.3) is 0 Å². The van der Waals surface area contributed by atoms with Crippen LogP contribution in [-0.2, 0) is 11.2 Å². The monoisotopic (exact) mass is 575 g/mol. The summed E-state index contributed by atoms with van der Waals surface area (Å²) in [5, 5.41) is 8.98. The van der Waals surface area contributed by atoms with Crippen LogP contribution in [0.3, 0.4) is 0 Å². The maximum atomic E-state index is 13.7. The lowest BCUT2D eigenvalue weighted by atomic mass is 9.99. The lowest BCUT2D eigenvalue weighted by Crippen LogP contribution is -2.50. The molecule has 1 amide bonds. The fraction of sp³-hybridized carbons (Fsp3) is 0.607. The van der Waals surface area contributed by atoms with Gasteiger partial charge in [-0.2, -0.15) is 23.1 Å². The number of morpholine rings is 1. The number of carbonyl (C=O) groups excluding carboxylic acids is 1. The van der Waals surface area contributed by atoms with Gasteiger partial charge in [-0.25, -0.2) is 0 Å². The standard InChI is InChI=1S/C28H36F3N7O3/c1-2-8-32-24-22-20(28(29,30)31)16-33-25(22)36-27(35-24)34-21-4-3-19(18-7-13-41-23(18)21)26(39)38-9-5-17(6-10-38)37-11-14-40-15-12-37/h3-4,17,20H,2,5-16H2,1H3,(H3,32,33,34,35,36). The zero-order valence-electron chi connectivity index (χ0n) is 23.1. The van der Waals surface area contributed by atoms with Crippen LogP contribution in [0.5, 0.6) is 5.75 Å². The average molecular weight is 576 g/mol. The molecular formula is C28H36F3N7O3. The predicted octanol–water partition coefficient (Wildman–Crippen LogP) is 3.99. The van der Waals surface area contributed by atoms with Crippen molar-refractivity contribution < 1.29 is 27.4 Å². The number of aromatic nitrogens is 2. The van der Waals surface area contributed by atoms with Gasteiger partial charge in [-0.15, -0.1) is 0 Å². The first-order chi connectivity index (χ1) is 19.8. The molecule has 4 aliphatic heterocycles. The molecule has 2 saturated heterocycles. The van der Waals surface area contributed by atoms with E-state index in [1.807, 2.05) is 11.8 Å². The van der Waals surface area contributed by atoms with Crippen LogP contribution in [0.2, 0.25) is 0 Å². The number of alkyl halides is 3. The van der Waals surface area contributed by atoms with Crippen molar-refractivity contribution in [3.63, 3.8) is 0 Å². The normalized spacial score (nSPS) is 21.2. The average Bonchev–Trinajstić information content (AvgIpc) is 3.65. The Morgan fingerprint density at radius 2 is 1.90 bits per heavy atom. The van der Waals surface area contributed by atoms with Gasteiger partial charge in [0.25, 0.3) is 5.91 Å². The van der Waals surface area contributed by atoms with Crippen LogP contribution in [0.15, 0.2) is 12.1 Å². The summed E-state index contributed by atoms with van der Waals surface area (Å²) in [4.78, 5) is 26.8. The first kappa shape index (κ1) is 27.8. The summed E-state index contributed by atoms with van der Waals surface area (Å²) in [6, 6.07) is 4.04. The number of amides is 1. The maximum absolute atomic E-state index is 13.7. The predicted molar refractivity (Wildman–Crippen MR) is 148 cm³/mol. The van der Waals surface area contributed by atoms with E-state index in [1.54, 1.807) is 12.1 Å². The fourth-order valence-electron chi connectivity index (χ4n) is 6.21.